The van der Waals surface area contributed by atoms with E-state index in [1.54, 1.807) is 0 Å². The third-order valence-electron chi connectivity index (χ3n) is 1.80. The molecule has 0 saturated carbocycles. The number of rotatable bonds is 2. The third-order valence-corrected chi connectivity index (χ3v) is 2.79. The average Bonchev–Trinajstić information content (AvgIpc) is 2.42. The van der Waals surface area contributed by atoms with Crippen LogP contribution in [0.1, 0.15) is 10.4 Å². The summed E-state index contributed by atoms with van der Waals surface area (Å²) in [6, 6.07) is 0. The summed E-state index contributed by atoms with van der Waals surface area (Å²) in [4.78, 5) is 11.3. The van der Waals surface area contributed by atoms with Crippen molar-refractivity contribution >= 4 is 21.6 Å². The van der Waals surface area contributed by atoms with Gasteiger partial charge in [-0.3, -0.25) is 4.68 Å². The SMILES string of the molecule is COC(=O)c1c(S(C)(=O)=O)nn(C)c1N. The number of aryl methyl sites for hydroxylation is 1. The number of nitrogen functional groups attached to an aromatic ring is 1. The lowest BCUT2D eigenvalue weighted by molar-refractivity contribution is 0.0597. The number of carbonyl (C=O) groups is 1. The van der Waals surface area contributed by atoms with Gasteiger partial charge in [0.1, 0.15) is 11.4 Å². The Labute approximate surface area is 86.7 Å². The van der Waals surface area contributed by atoms with E-state index in [0.29, 0.717) is 0 Å². The minimum atomic E-state index is -3.60. The predicted molar refractivity (Wildman–Crippen MR) is 52.1 cm³/mol. The van der Waals surface area contributed by atoms with Crippen LogP contribution in [0.3, 0.4) is 0 Å². The lowest BCUT2D eigenvalue weighted by atomic mass is 10.3. The van der Waals surface area contributed by atoms with Gasteiger partial charge in [0.2, 0.25) is 0 Å². The second kappa shape index (κ2) is 3.54. The van der Waals surface area contributed by atoms with Crippen LogP contribution in [0, 0.1) is 0 Å². The molecule has 0 aliphatic heterocycles. The third kappa shape index (κ3) is 1.94. The van der Waals surface area contributed by atoms with Gasteiger partial charge in [-0.25, -0.2) is 13.2 Å². The number of ether oxygens (including phenoxy) is 1. The number of aromatic nitrogens is 2. The van der Waals surface area contributed by atoms with Crippen molar-refractivity contribution in [2.45, 2.75) is 5.03 Å². The van der Waals surface area contributed by atoms with Crippen LogP contribution in [0.15, 0.2) is 5.03 Å². The van der Waals surface area contributed by atoms with E-state index in [1.165, 1.54) is 7.05 Å². The van der Waals surface area contributed by atoms with Gasteiger partial charge in [0, 0.05) is 13.3 Å². The van der Waals surface area contributed by atoms with Gasteiger partial charge in [0.15, 0.2) is 14.9 Å². The summed E-state index contributed by atoms with van der Waals surface area (Å²) in [6.45, 7) is 0. The van der Waals surface area contributed by atoms with Gasteiger partial charge in [0.25, 0.3) is 0 Å². The average molecular weight is 233 g/mol. The largest absolute Gasteiger partial charge is 0.465 e. The van der Waals surface area contributed by atoms with Crippen LogP contribution in [0.4, 0.5) is 5.82 Å². The fourth-order valence-electron chi connectivity index (χ4n) is 1.06. The molecular formula is C7H11N3O4S. The molecule has 0 atom stereocenters. The minimum absolute atomic E-state index is 0.0396. The monoisotopic (exact) mass is 233 g/mol. The number of anilines is 1. The highest BCUT2D eigenvalue weighted by Gasteiger charge is 2.27. The summed E-state index contributed by atoms with van der Waals surface area (Å²) in [7, 11) is -1.02. The number of methoxy groups -OCH3 is 1. The maximum atomic E-state index is 11.3. The highest BCUT2D eigenvalue weighted by Crippen LogP contribution is 2.21. The van der Waals surface area contributed by atoms with E-state index < -0.39 is 15.8 Å². The molecule has 1 rings (SSSR count). The van der Waals surface area contributed by atoms with Crippen LogP contribution in [0.25, 0.3) is 0 Å². The van der Waals surface area contributed by atoms with E-state index in [9.17, 15) is 13.2 Å². The minimum Gasteiger partial charge on any atom is -0.465 e. The van der Waals surface area contributed by atoms with Crippen molar-refractivity contribution in [3.63, 3.8) is 0 Å². The first-order valence-electron chi connectivity index (χ1n) is 3.90. The molecule has 0 aliphatic carbocycles. The highest BCUT2D eigenvalue weighted by atomic mass is 32.2. The molecule has 0 saturated heterocycles. The zero-order valence-electron chi connectivity index (χ0n) is 8.51. The second-order valence-corrected chi connectivity index (χ2v) is 4.88. The second-order valence-electron chi connectivity index (χ2n) is 2.95. The first kappa shape index (κ1) is 11.5. The Morgan fingerprint density at radius 2 is 2.07 bits per heavy atom. The van der Waals surface area contributed by atoms with Crippen LogP contribution >= 0.6 is 0 Å². The molecule has 1 heterocycles. The fourth-order valence-corrected chi connectivity index (χ4v) is 1.89. The first-order chi connectivity index (χ1) is 6.79. The Morgan fingerprint density at radius 1 is 1.53 bits per heavy atom. The Kier molecular flexibility index (Phi) is 2.71. The number of esters is 1. The van der Waals surface area contributed by atoms with E-state index in [1.807, 2.05) is 0 Å². The smallest absolute Gasteiger partial charge is 0.344 e. The molecule has 8 heteroatoms. The zero-order valence-corrected chi connectivity index (χ0v) is 9.33. The van der Waals surface area contributed by atoms with Gasteiger partial charge in [-0.05, 0) is 0 Å². The van der Waals surface area contributed by atoms with Crippen LogP contribution in [-0.2, 0) is 21.6 Å². The molecule has 0 aromatic carbocycles. The standard InChI is InChI=1S/C7H11N3O4S/c1-10-5(8)4(7(11)14-2)6(9-10)15(3,12)13/h8H2,1-3H3. The molecule has 7 nitrogen and oxygen atoms in total. The summed E-state index contributed by atoms with van der Waals surface area (Å²) < 4.78 is 28.1. The van der Waals surface area contributed by atoms with E-state index in [-0.39, 0.29) is 16.4 Å². The van der Waals surface area contributed by atoms with Gasteiger partial charge < -0.3 is 10.5 Å². The topological polar surface area (TPSA) is 104 Å². The van der Waals surface area contributed by atoms with Gasteiger partial charge in [-0.15, -0.1) is 0 Å². The van der Waals surface area contributed by atoms with E-state index >= 15 is 0 Å². The summed E-state index contributed by atoms with van der Waals surface area (Å²) in [5.41, 5.74) is 5.29. The van der Waals surface area contributed by atoms with E-state index in [4.69, 9.17) is 5.73 Å². The Morgan fingerprint density at radius 3 is 2.47 bits per heavy atom. The number of nitrogens with zero attached hydrogens (tertiary/aromatic N) is 2. The van der Waals surface area contributed by atoms with Crippen molar-refractivity contribution in [3.05, 3.63) is 5.56 Å². The summed E-state index contributed by atoms with van der Waals surface area (Å²) in [5.74, 6) is -0.858. The van der Waals surface area contributed by atoms with Crippen molar-refractivity contribution in [3.8, 4) is 0 Å². The molecule has 0 amide bonds. The van der Waals surface area contributed by atoms with Gasteiger partial charge in [-0.1, -0.05) is 0 Å². The van der Waals surface area contributed by atoms with Gasteiger partial charge in [0.05, 0.1) is 7.11 Å². The number of hydrogen-bond acceptors (Lipinski definition) is 6. The summed E-state index contributed by atoms with van der Waals surface area (Å²) >= 11 is 0. The number of nitrogens with two attached hydrogens (primary N) is 1. The van der Waals surface area contributed by atoms with E-state index in [0.717, 1.165) is 18.0 Å². The maximum absolute atomic E-state index is 11.3. The van der Waals surface area contributed by atoms with Crippen LogP contribution < -0.4 is 5.73 Å². The van der Waals surface area contributed by atoms with Crippen LogP contribution in [0.5, 0.6) is 0 Å². The molecule has 84 valence electrons. The molecule has 1 aromatic rings. The lowest BCUT2D eigenvalue weighted by Crippen LogP contribution is -2.10. The van der Waals surface area contributed by atoms with Crippen molar-refractivity contribution < 1.29 is 17.9 Å². The molecule has 0 aliphatic rings. The fraction of sp³-hybridized carbons (Fsp3) is 0.429. The van der Waals surface area contributed by atoms with Crippen molar-refractivity contribution in [1.82, 2.24) is 9.78 Å². The predicted octanol–water partition coefficient (Wildman–Crippen LogP) is -0.808. The highest BCUT2D eigenvalue weighted by molar-refractivity contribution is 7.90. The molecule has 0 radical (unpaired) electrons. The molecule has 15 heavy (non-hydrogen) atoms. The Hall–Kier alpha value is -1.57. The summed E-state index contributed by atoms with van der Waals surface area (Å²) in [6.07, 6.45) is 0.946. The molecule has 0 unspecified atom stereocenters. The number of sulfone groups is 1. The molecular weight excluding hydrogens is 222 g/mol. The van der Waals surface area contributed by atoms with Crippen molar-refractivity contribution in [2.75, 3.05) is 19.1 Å². The van der Waals surface area contributed by atoms with Crippen molar-refractivity contribution in [1.29, 1.82) is 0 Å². The first-order valence-corrected chi connectivity index (χ1v) is 5.79. The number of carbonyl (C=O) groups excluding carboxylic acids is 1. The molecule has 0 bridgehead atoms. The lowest BCUT2D eigenvalue weighted by Gasteiger charge is -1.99. The summed E-state index contributed by atoms with van der Waals surface area (Å²) in [5, 5.41) is 3.29. The quantitative estimate of drug-likeness (QED) is 0.670. The van der Waals surface area contributed by atoms with Gasteiger partial charge >= 0.3 is 5.97 Å². The molecule has 0 spiro atoms. The van der Waals surface area contributed by atoms with Crippen LogP contribution in [-0.4, -0.2) is 37.5 Å². The maximum Gasteiger partial charge on any atom is 0.344 e. The Bertz CT molecular complexity index is 503. The van der Waals surface area contributed by atoms with E-state index in [2.05, 4.69) is 9.84 Å². The van der Waals surface area contributed by atoms with Gasteiger partial charge in [-0.2, -0.15) is 5.10 Å². The number of hydrogen-bond donors (Lipinski definition) is 1. The normalized spacial score (nSPS) is 11.4. The zero-order chi connectivity index (χ0) is 11.8. The molecule has 2 N–H and O–H groups in total. The van der Waals surface area contributed by atoms with Crippen LogP contribution in [0.2, 0.25) is 0 Å². The Balaban J connectivity index is 3.55. The van der Waals surface area contributed by atoms with Crippen molar-refractivity contribution in [2.24, 2.45) is 7.05 Å². The molecule has 0 fully saturated rings. The molecule has 1 aromatic heterocycles.